The summed E-state index contributed by atoms with van der Waals surface area (Å²) in [5.41, 5.74) is 7.37. The Morgan fingerprint density at radius 1 is 1.12 bits per heavy atom. The zero-order valence-corrected chi connectivity index (χ0v) is 14.4. The van der Waals surface area contributed by atoms with Gasteiger partial charge < -0.3 is 5.73 Å². The highest BCUT2D eigenvalue weighted by Gasteiger charge is 2.12. The molecule has 0 saturated carbocycles. The van der Waals surface area contributed by atoms with E-state index >= 15 is 0 Å². The van der Waals surface area contributed by atoms with Gasteiger partial charge in [-0.15, -0.1) is 11.3 Å². The van der Waals surface area contributed by atoms with Crippen molar-refractivity contribution in [2.75, 3.05) is 0 Å². The van der Waals surface area contributed by atoms with Crippen LogP contribution in [0.25, 0.3) is 0 Å². The Labute approximate surface area is 130 Å². The summed E-state index contributed by atoms with van der Waals surface area (Å²) in [7, 11) is 0. The molecule has 2 aromatic rings. The molecule has 0 amide bonds. The minimum atomic E-state index is 0.0167. The maximum absolute atomic E-state index is 6.23. The van der Waals surface area contributed by atoms with Crippen molar-refractivity contribution >= 4 is 59.1 Å². The third kappa shape index (κ3) is 3.64. The molecule has 1 atom stereocenters. The molecule has 0 aliphatic carbocycles. The third-order valence-corrected chi connectivity index (χ3v) is 5.30. The van der Waals surface area contributed by atoms with E-state index in [9.17, 15) is 0 Å². The Kier molecular flexibility index (Phi) is 4.83. The van der Waals surface area contributed by atoms with Crippen LogP contribution in [0.15, 0.2) is 43.1 Å². The first-order chi connectivity index (χ1) is 8.06. The maximum Gasteiger partial charge on any atom is 0.0354 e. The van der Waals surface area contributed by atoms with Crippen LogP contribution in [-0.4, -0.2) is 0 Å². The monoisotopic (exact) mass is 437 g/mol. The molecule has 1 heterocycles. The summed E-state index contributed by atoms with van der Waals surface area (Å²) in [6, 6.07) is 8.24. The van der Waals surface area contributed by atoms with Gasteiger partial charge >= 0.3 is 0 Å². The van der Waals surface area contributed by atoms with E-state index in [0.29, 0.717) is 0 Å². The molecule has 0 saturated heterocycles. The SMILES string of the molecule is NC(Cc1cc(Br)cs1)c1ccc(Br)cc1Br. The maximum atomic E-state index is 6.23. The Balaban J connectivity index is 2.17. The summed E-state index contributed by atoms with van der Waals surface area (Å²) in [6.07, 6.45) is 0.858. The van der Waals surface area contributed by atoms with Gasteiger partial charge in [-0.25, -0.2) is 0 Å². The van der Waals surface area contributed by atoms with Gasteiger partial charge in [0.2, 0.25) is 0 Å². The van der Waals surface area contributed by atoms with Crippen molar-refractivity contribution in [2.24, 2.45) is 5.73 Å². The summed E-state index contributed by atoms with van der Waals surface area (Å²) in [4.78, 5) is 1.29. The second-order valence-electron chi connectivity index (χ2n) is 3.71. The lowest BCUT2D eigenvalue weighted by atomic mass is 10.0. The van der Waals surface area contributed by atoms with Gasteiger partial charge in [-0.05, 0) is 39.7 Å². The fraction of sp³-hybridized carbons (Fsp3) is 0.167. The lowest BCUT2D eigenvalue weighted by molar-refractivity contribution is 0.726. The molecule has 0 bridgehead atoms. The molecule has 0 aliphatic rings. The summed E-state index contributed by atoms with van der Waals surface area (Å²) in [5.74, 6) is 0. The Bertz CT molecular complexity index is 524. The molecular formula is C12H10Br3NS. The quantitative estimate of drug-likeness (QED) is 0.691. The van der Waals surface area contributed by atoms with Crippen LogP contribution in [0.5, 0.6) is 0 Å². The van der Waals surface area contributed by atoms with Gasteiger partial charge in [-0.1, -0.05) is 37.9 Å². The smallest absolute Gasteiger partial charge is 0.0354 e. The number of hydrogen-bond acceptors (Lipinski definition) is 2. The summed E-state index contributed by atoms with van der Waals surface area (Å²) in [6.45, 7) is 0. The van der Waals surface area contributed by atoms with E-state index in [1.165, 1.54) is 4.88 Å². The number of thiophene rings is 1. The van der Waals surface area contributed by atoms with Gasteiger partial charge in [-0.2, -0.15) is 0 Å². The van der Waals surface area contributed by atoms with E-state index in [-0.39, 0.29) is 6.04 Å². The van der Waals surface area contributed by atoms with Crippen molar-refractivity contribution in [3.63, 3.8) is 0 Å². The van der Waals surface area contributed by atoms with Gasteiger partial charge in [0, 0.05) is 36.1 Å². The second kappa shape index (κ2) is 5.97. The predicted octanol–water partition coefficient (Wildman–Crippen LogP) is 5.28. The first-order valence-corrected chi connectivity index (χ1v) is 8.25. The van der Waals surface area contributed by atoms with Crippen molar-refractivity contribution < 1.29 is 0 Å². The third-order valence-electron chi connectivity index (χ3n) is 2.40. The topological polar surface area (TPSA) is 26.0 Å². The summed E-state index contributed by atoms with van der Waals surface area (Å²) >= 11 is 12.2. The van der Waals surface area contributed by atoms with Crippen molar-refractivity contribution in [3.05, 3.63) is 53.5 Å². The molecule has 2 rings (SSSR count). The van der Waals surface area contributed by atoms with E-state index in [2.05, 4.69) is 65.3 Å². The molecule has 0 aliphatic heterocycles. The Morgan fingerprint density at radius 2 is 1.88 bits per heavy atom. The molecule has 1 aromatic heterocycles. The van der Waals surface area contributed by atoms with Crippen molar-refractivity contribution in [1.82, 2.24) is 0 Å². The van der Waals surface area contributed by atoms with Crippen LogP contribution in [0.2, 0.25) is 0 Å². The molecule has 0 spiro atoms. The van der Waals surface area contributed by atoms with E-state index in [1.807, 2.05) is 12.1 Å². The molecule has 90 valence electrons. The fourth-order valence-electron chi connectivity index (χ4n) is 1.59. The average molecular weight is 440 g/mol. The molecule has 17 heavy (non-hydrogen) atoms. The van der Waals surface area contributed by atoms with Crippen molar-refractivity contribution in [1.29, 1.82) is 0 Å². The van der Waals surface area contributed by atoms with Crippen LogP contribution < -0.4 is 5.73 Å². The van der Waals surface area contributed by atoms with Gasteiger partial charge in [-0.3, -0.25) is 0 Å². The largest absolute Gasteiger partial charge is 0.324 e. The highest BCUT2D eigenvalue weighted by molar-refractivity contribution is 9.11. The van der Waals surface area contributed by atoms with E-state index in [0.717, 1.165) is 25.4 Å². The second-order valence-corrected chi connectivity index (χ2v) is 7.39. The average Bonchev–Trinajstić information content (AvgIpc) is 2.63. The highest BCUT2D eigenvalue weighted by atomic mass is 79.9. The zero-order chi connectivity index (χ0) is 12.4. The summed E-state index contributed by atoms with van der Waals surface area (Å²) in [5, 5.41) is 2.08. The summed E-state index contributed by atoms with van der Waals surface area (Å²) < 4.78 is 3.23. The first-order valence-electron chi connectivity index (χ1n) is 4.99. The molecule has 0 fully saturated rings. The lowest BCUT2D eigenvalue weighted by Crippen LogP contribution is -2.13. The molecule has 1 aromatic carbocycles. The molecular weight excluding hydrogens is 430 g/mol. The Morgan fingerprint density at radius 3 is 2.47 bits per heavy atom. The van der Waals surface area contributed by atoms with Crippen LogP contribution in [0, 0.1) is 0 Å². The van der Waals surface area contributed by atoms with Crippen LogP contribution in [0.4, 0.5) is 0 Å². The zero-order valence-electron chi connectivity index (χ0n) is 8.79. The van der Waals surface area contributed by atoms with Gasteiger partial charge in [0.05, 0.1) is 0 Å². The first kappa shape index (κ1) is 13.7. The number of benzene rings is 1. The molecule has 0 radical (unpaired) electrons. The van der Waals surface area contributed by atoms with Crippen LogP contribution in [-0.2, 0) is 6.42 Å². The minimum absolute atomic E-state index is 0.0167. The van der Waals surface area contributed by atoms with Crippen molar-refractivity contribution in [3.8, 4) is 0 Å². The normalized spacial score (nSPS) is 12.7. The van der Waals surface area contributed by atoms with Crippen LogP contribution in [0.1, 0.15) is 16.5 Å². The Hall–Kier alpha value is 0.320. The lowest BCUT2D eigenvalue weighted by Gasteiger charge is -2.13. The number of nitrogens with two attached hydrogens (primary N) is 1. The van der Waals surface area contributed by atoms with E-state index < -0.39 is 0 Å². The van der Waals surface area contributed by atoms with Crippen LogP contribution in [0.3, 0.4) is 0 Å². The molecule has 5 heteroatoms. The molecule has 1 nitrogen and oxygen atoms in total. The standard InChI is InChI=1S/C12H10Br3NS/c13-7-1-2-10(11(15)4-7)12(16)5-9-3-8(14)6-17-9/h1-4,6,12H,5,16H2. The van der Waals surface area contributed by atoms with Gasteiger partial charge in [0.25, 0.3) is 0 Å². The van der Waals surface area contributed by atoms with E-state index in [4.69, 9.17) is 5.73 Å². The molecule has 2 N–H and O–H groups in total. The predicted molar refractivity (Wildman–Crippen MR) is 84.5 cm³/mol. The van der Waals surface area contributed by atoms with E-state index in [1.54, 1.807) is 11.3 Å². The van der Waals surface area contributed by atoms with Gasteiger partial charge in [0.1, 0.15) is 0 Å². The highest BCUT2D eigenvalue weighted by Crippen LogP contribution is 2.29. The van der Waals surface area contributed by atoms with Crippen molar-refractivity contribution in [2.45, 2.75) is 12.5 Å². The fourth-order valence-corrected chi connectivity index (χ4v) is 4.44. The molecule has 1 unspecified atom stereocenters. The van der Waals surface area contributed by atoms with Gasteiger partial charge in [0.15, 0.2) is 0 Å². The number of hydrogen-bond donors (Lipinski definition) is 1. The van der Waals surface area contributed by atoms with Crippen LogP contribution >= 0.6 is 59.1 Å². The number of halogens is 3. The minimum Gasteiger partial charge on any atom is -0.324 e. The number of rotatable bonds is 3.